The third-order valence-corrected chi connectivity index (χ3v) is 11.3. The molecule has 1 aromatic heterocycles. The van der Waals surface area contributed by atoms with E-state index >= 15 is 0 Å². The largest absolute Gasteiger partial charge is 0.506 e. The lowest BCUT2D eigenvalue weighted by atomic mass is 10.0. The number of phenolic OH excluding ortho intramolecular Hbond substituents is 1. The van der Waals surface area contributed by atoms with E-state index in [1.54, 1.807) is 12.1 Å². The number of phenols is 1. The number of ether oxygens (including phenoxy) is 2. The van der Waals surface area contributed by atoms with E-state index in [9.17, 15) is 24.6 Å². The van der Waals surface area contributed by atoms with Gasteiger partial charge in [0.15, 0.2) is 0 Å². The van der Waals surface area contributed by atoms with Crippen LogP contribution in [0.4, 0.5) is 10.5 Å². The monoisotopic (exact) mass is 787 g/mol. The van der Waals surface area contributed by atoms with Crippen LogP contribution in [0, 0.1) is 11.8 Å². The molecule has 0 radical (unpaired) electrons. The van der Waals surface area contributed by atoms with Gasteiger partial charge in [-0.05, 0) is 78.0 Å². The highest BCUT2D eigenvalue weighted by molar-refractivity contribution is 5.91. The molecule has 5 aromatic rings. The molecular formula is C46H53N5O7. The van der Waals surface area contributed by atoms with E-state index < -0.39 is 6.10 Å². The average molecular weight is 788 g/mol. The second-order valence-corrected chi connectivity index (χ2v) is 15.3. The molecule has 1 saturated heterocycles. The fourth-order valence-electron chi connectivity index (χ4n) is 8.27. The van der Waals surface area contributed by atoms with E-state index in [1.165, 1.54) is 23.3 Å². The molecule has 1 aliphatic heterocycles. The molecule has 2 aliphatic rings. The van der Waals surface area contributed by atoms with Gasteiger partial charge in [0.1, 0.15) is 11.9 Å². The van der Waals surface area contributed by atoms with Crippen molar-refractivity contribution >= 4 is 28.6 Å². The zero-order valence-corrected chi connectivity index (χ0v) is 32.7. The van der Waals surface area contributed by atoms with Gasteiger partial charge >= 0.3 is 6.09 Å². The number of fused-ring (bicyclic) bond motifs is 2. The maximum atomic E-state index is 12.9. The summed E-state index contributed by atoms with van der Waals surface area (Å²) in [6, 6.07) is 32.6. The van der Waals surface area contributed by atoms with Gasteiger partial charge in [-0.25, -0.2) is 4.79 Å². The predicted molar refractivity (Wildman–Crippen MR) is 225 cm³/mol. The van der Waals surface area contributed by atoms with Crippen molar-refractivity contribution in [1.29, 1.82) is 0 Å². The molecule has 12 nitrogen and oxygen atoms in total. The lowest BCUT2D eigenvalue weighted by Gasteiger charge is -2.20. The fourth-order valence-corrected chi connectivity index (χ4v) is 8.27. The van der Waals surface area contributed by atoms with Crippen LogP contribution in [-0.2, 0) is 27.1 Å². The summed E-state index contributed by atoms with van der Waals surface area (Å²) < 4.78 is 11.6. The molecule has 2 heterocycles. The van der Waals surface area contributed by atoms with Crippen molar-refractivity contribution in [2.45, 2.75) is 44.3 Å². The van der Waals surface area contributed by atoms with E-state index in [0.29, 0.717) is 49.1 Å². The number of hydrogen-bond acceptors (Lipinski definition) is 9. The lowest BCUT2D eigenvalue weighted by molar-refractivity contribution is -0.122. The Kier molecular flexibility index (Phi) is 13.8. The molecular weight excluding hydrogens is 735 g/mol. The van der Waals surface area contributed by atoms with Crippen LogP contribution in [-0.4, -0.2) is 90.7 Å². The van der Waals surface area contributed by atoms with Gasteiger partial charge in [0.05, 0.1) is 30.5 Å². The Hall–Kier alpha value is -5.53. The molecule has 7 rings (SSSR count). The van der Waals surface area contributed by atoms with Crippen molar-refractivity contribution in [3.05, 3.63) is 130 Å². The number of pyridine rings is 1. The van der Waals surface area contributed by atoms with Gasteiger partial charge in [-0.2, -0.15) is 0 Å². The molecule has 6 N–H and O–H groups in total. The van der Waals surface area contributed by atoms with Gasteiger partial charge in [-0.15, -0.1) is 0 Å². The van der Waals surface area contributed by atoms with E-state index in [1.807, 2.05) is 54.6 Å². The van der Waals surface area contributed by atoms with Crippen molar-refractivity contribution in [3.8, 4) is 16.9 Å². The number of H-pyrrole nitrogens is 1. The summed E-state index contributed by atoms with van der Waals surface area (Å²) in [6.45, 7) is 5.09. The van der Waals surface area contributed by atoms with Gasteiger partial charge in [0, 0.05) is 62.7 Å². The second-order valence-electron chi connectivity index (χ2n) is 15.3. The number of hydrogen-bond donors (Lipinski definition) is 6. The molecule has 0 spiro atoms. The first-order valence-corrected chi connectivity index (χ1v) is 20.3. The molecule has 1 aliphatic carbocycles. The quantitative estimate of drug-likeness (QED) is 0.0604. The smallest absolute Gasteiger partial charge is 0.411 e. The summed E-state index contributed by atoms with van der Waals surface area (Å²) in [6.07, 6.45) is 2.56. The van der Waals surface area contributed by atoms with Crippen molar-refractivity contribution in [1.82, 2.24) is 20.5 Å². The highest BCUT2D eigenvalue weighted by Gasteiger charge is 2.42. The number of amides is 2. The summed E-state index contributed by atoms with van der Waals surface area (Å²) in [4.78, 5) is 41.9. The molecule has 304 valence electrons. The SMILES string of the molecule is O=C(CCOCCc1ccc(CCN2C[C@H]3C[C@@H](OC(=O)Nc4ccccc4-c4ccccc4)C[C@H]3C2)cc1)NCCNC[C@H](O)c1ccc(O)c2[nH]c(=O)ccc12. The summed E-state index contributed by atoms with van der Waals surface area (Å²) in [7, 11) is 0. The number of likely N-dealkylation sites (tertiary alicyclic amines) is 1. The van der Waals surface area contributed by atoms with Crippen LogP contribution in [0.15, 0.2) is 108 Å². The number of benzene rings is 4. The minimum atomic E-state index is -0.861. The van der Waals surface area contributed by atoms with Crippen molar-refractivity contribution in [2.75, 3.05) is 57.8 Å². The Labute approximate surface area is 338 Å². The molecule has 4 atom stereocenters. The van der Waals surface area contributed by atoms with Crippen molar-refractivity contribution in [3.63, 3.8) is 0 Å². The molecule has 12 heteroatoms. The molecule has 2 amide bonds. The summed E-state index contributed by atoms with van der Waals surface area (Å²) in [5.74, 6) is 0.959. The number of rotatable bonds is 18. The van der Waals surface area contributed by atoms with Crippen molar-refractivity contribution in [2.24, 2.45) is 11.8 Å². The van der Waals surface area contributed by atoms with Crippen molar-refractivity contribution < 1.29 is 29.3 Å². The zero-order valence-electron chi connectivity index (χ0n) is 32.7. The number of aromatic hydroxyl groups is 1. The van der Waals surface area contributed by atoms with Crippen LogP contribution in [0.3, 0.4) is 0 Å². The molecule has 58 heavy (non-hydrogen) atoms. The highest BCUT2D eigenvalue weighted by atomic mass is 16.6. The lowest BCUT2D eigenvalue weighted by Crippen LogP contribution is -2.34. The van der Waals surface area contributed by atoms with Gasteiger partial charge in [0.2, 0.25) is 11.5 Å². The summed E-state index contributed by atoms with van der Waals surface area (Å²) in [5.41, 5.74) is 5.83. The van der Waals surface area contributed by atoms with E-state index in [2.05, 4.69) is 50.1 Å². The Morgan fingerprint density at radius 2 is 1.55 bits per heavy atom. The first-order valence-electron chi connectivity index (χ1n) is 20.3. The standard InChI is InChI=1S/C46H53N5O7/c52-41-16-14-38(39-15-17-44(55)50-45(39)41)42(53)28-47-21-22-48-43(54)20-25-57-24-19-32-12-10-31(11-13-32)18-23-51-29-34-26-36(27-35(34)30-51)58-46(56)49-40-9-5-4-8-37(40)33-6-2-1-3-7-33/h1-17,34-36,42,47,52-53H,18-30H2,(H,48,54)(H,49,56)(H,50,55)/t34-,35+,36-,42-/m0/s1. The average Bonchev–Trinajstić information content (AvgIpc) is 3.79. The summed E-state index contributed by atoms with van der Waals surface area (Å²) in [5, 5.41) is 30.3. The molecule has 0 bridgehead atoms. The van der Waals surface area contributed by atoms with Crippen LogP contribution in [0.5, 0.6) is 5.75 Å². The Bertz CT molecular complexity index is 2180. The number of carbonyl (C=O) groups is 2. The number of aromatic amines is 1. The minimum absolute atomic E-state index is 0.0481. The van der Waals surface area contributed by atoms with Gasteiger partial charge in [-0.1, -0.05) is 78.9 Å². The number of nitrogens with one attached hydrogen (secondary N) is 4. The van der Waals surface area contributed by atoms with E-state index in [4.69, 9.17) is 9.47 Å². The molecule has 4 aromatic carbocycles. The van der Waals surface area contributed by atoms with Crippen LogP contribution < -0.4 is 21.5 Å². The van der Waals surface area contributed by atoms with E-state index in [-0.39, 0.29) is 47.9 Å². The van der Waals surface area contributed by atoms with Gasteiger partial charge in [0.25, 0.3) is 0 Å². The van der Waals surface area contributed by atoms with Crippen LogP contribution >= 0.6 is 0 Å². The van der Waals surface area contributed by atoms with Crippen LogP contribution in [0.25, 0.3) is 22.0 Å². The third kappa shape index (κ3) is 10.9. The predicted octanol–water partition coefficient (Wildman–Crippen LogP) is 5.79. The summed E-state index contributed by atoms with van der Waals surface area (Å²) >= 11 is 0. The maximum absolute atomic E-state index is 12.9. The van der Waals surface area contributed by atoms with Crippen LogP contribution in [0.1, 0.15) is 42.1 Å². The Morgan fingerprint density at radius 3 is 2.33 bits per heavy atom. The van der Waals surface area contributed by atoms with Gasteiger partial charge < -0.3 is 40.2 Å². The second kappa shape index (κ2) is 19.8. The number of carbonyl (C=O) groups excluding carboxylic acids is 2. The first-order chi connectivity index (χ1) is 28.3. The number of nitrogens with zero attached hydrogens (tertiary/aromatic N) is 1. The number of aromatic nitrogens is 1. The number of para-hydroxylation sites is 1. The van der Waals surface area contributed by atoms with Crippen LogP contribution in [0.2, 0.25) is 0 Å². The number of aliphatic hydroxyl groups excluding tert-OH is 1. The highest BCUT2D eigenvalue weighted by Crippen LogP contribution is 2.40. The Balaban J connectivity index is 0.718. The fraction of sp³-hybridized carbons (Fsp3) is 0.370. The third-order valence-electron chi connectivity index (χ3n) is 11.3. The molecule has 2 fully saturated rings. The maximum Gasteiger partial charge on any atom is 0.411 e. The van der Waals surface area contributed by atoms with E-state index in [0.717, 1.165) is 62.1 Å². The van der Waals surface area contributed by atoms with Gasteiger partial charge in [-0.3, -0.25) is 14.9 Å². The Morgan fingerprint density at radius 1 is 0.828 bits per heavy atom. The topological polar surface area (TPSA) is 165 Å². The first kappa shape index (κ1) is 40.7. The number of aliphatic hydroxyl groups is 1. The normalized spacial score (nSPS) is 18.2. The molecule has 1 saturated carbocycles. The minimum Gasteiger partial charge on any atom is -0.506 e. The molecule has 0 unspecified atom stereocenters. The zero-order chi connectivity index (χ0) is 40.3. The number of anilines is 1.